The standard InChI is InChI=1S/C23H29N5O4/c1-3-28-16-24-21(25-28)19-6-4-17(5-7-19)18-8-11-27(12-9-18)20(29)14-26-13-10-23(15-26,32-2)22(30)31/h4-8,16H,3,9-15H2,1-2H3,(H,30,31). The number of ether oxygens (including phenoxy) is 1. The fourth-order valence-electron chi connectivity index (χ4n) is 4.28. The number of amides is 1. The number of methoxy groups -OCH3 is 1. The van der Waals surface area contributed by atoms with Crippen LogP contribution in [0.25, 0.3) is 17.0 Å². The first-order chi connectivity index (χ1) is 15.4. The normalized spacial score (nSPS) is 21.6. The number of aliphatic carboxylic acids is 1. The maximum Gasteiger partial charge on any atom is 0.337 e. The van der Waals surface area contributed by atoms with Gasteiger partial charge in [0.1, 0.15) is 6.33 Å². The van der Waals surface area contributed by atoms with Gasteiger partial charge >= 0.3 is 5.97 Å². The molecule has 0 aliphatic carbocycles. The first-order valence-corrected chi connectivity index (χ1v) is 10.9. The zero-order valence-corrected chi connectivity index (χ0v) is 18.5. The summed E-state index contributed by atoms with van der Waals surface area (Å²) in [6.07, 6.45) is 5.00. The third kappa shape index (κ3) is 4.44. The number of benzene rings is 1. The molecule has 1 fully saturated rings. The molecular weight excluding hydrogens is 410 g/mol. The Morgan fingerprint density at radius 3 is 2.50 bits per heavy atom. The summed E-state index contributed by atoms with van der Waals surface area (Å²) in [4.78, 5) is 32.3. The molecule has 2 aliphatic rings. The van der Waals surface area contributed by atoms with Crippen molar-refractivity contribution in [1.82, 2.24) is 24.6 Å². The second kappa shape index (κ2) is 9.22. The quantitative estimate of drug-likeness (QED) is 0.701. The van der Waals surface area contributed by atoms with E-state index in [2.05, 4.69) is 28.3 Å². The average molecular weight is 440 g/mol. The van der Waals surface area contributed by atoms with E-state index in [4.69, 9.17) is 4.74 Å². The highest BCUT2D eigenvalue weighted by atomic mass is 16.5. The summed E-state index contributed by atoms with van der Waals surface area (Å²) in [5.41, 5.74) is 2.14. The summed E-state index contributed by atoms with van der Waals surface area (Å²) in [7, 11) is 1.41. The molecule has 3 heterocycles. The Morgan fingerprint density at radius 2 is 1.94 bits per heavy atom. The SMILES string of the molecule is CCn1cnc(-c2ccc(C3=CCN(C(=O)CN4CCC(OC)(C(=O)O)C4)CC3)cc2)n1. The number of likely N-dealkylation sites (tertiary alicyclic amines) is 1. The van der Waals surface area contributed by atoms with Gasteiger partial charge in [0.2, 0.25) is 5.91 Å². The number of carbonyl (C=O) groups is 2. The smallest absolute Gasteiger partial charge is 0.337 e. The highest BCUT2D eigenvalue weighted by molar-refractivity contribution is 5.81. The van der Waals surface area contributed by atoms with Crippen LogP contribution in [0.1, 0.15) is 25.3 Å². The summed E-state index contributed by atoms with van der Waals surface area (Å²) in [6, 6.07) is 8.21. The van der Waals surface area contributed by atoms with E-state index in [0.29, 0.717) is 26.1 Å². The molecule has 32 heavy (non-hydrogen) atoms. The van der Waals surface area contributed by atoms with Gasteiger partial charge in [0.15, 0.2) is 11.4 Å². The first kappa shape index (κ1) is 22.2. The van der Waals surface area contributed by atoms with Crippen molar-refractivity contribution >= 4 is 17.4 Å². The average Bonchev–Trinajstić information content (AvgIpc) is 3.47. The van der Waals surface area contributed by atoms with Crippen LogP contribution < -0.4 is 0 Å². The molecule has 1 aromatic carbocycles. The second-order valence-electron chi connectivity index (χ2n) is 8.28. The van der Waals surface area contributed by atoms with Gasteiger partial charge in [-0.3, -0.25) is 14.4 Å². The van der Waals surface area contributed by atoms with Gasteiger partial charge in [0, 0.05) is 51.8 Å². The van der Waals surface area contributed by atoms with Crippen LogP contribution in [-0.2, 0) is 20.9 Å². The van der Waals surface area contributed by atoms with Gasteiger partial charge in [-0.15, -0.1) is 0 Å². The lowest BCUT2D eigenvalue weighted by Crippen LogP contribution is -2.46. The van der Waals surface area contributed by atoms with Gasteiger partial charge in [-0.25, -0.2) is 9.78 Å². The highest BCUT2D eigenvalue weighted by Crippen LogP contribution is 2.27. The van der Waals surface area contributed by atoms with E-state index < -0.39 is 11.6 Å². The largest absolute Gasteiger partial charge is 0.479 e. The Morgan fingerprint density at radius 1 is 1.19 bits per heavy atom. The highest BCUT2D eigenvalue weighted by Gasteiger charge is 2.45. The number of carbonyl (C=O) groups excluding carboxylic acids is 1. The molecule has 9 nitrogen and oxygen atoms in total. The van der Waals surface area contributed by atoms with Crippen LogP contribution in [-0.4, -0.2) is 87.0 Å². The molecule has 1 aromatic heterocycles. The molecular formula is C23H29N5O4. The molecule has 2 aromatic rings. The van der Waals surface area contributed by atoms with Crippen LogP contribution in [0.15, 0.2) is 36.7 Å². The zero-order chi connectivity index (χ0) is 22.7. The van der Waals surface area contributed by atoms with Crippen molar-refractivity contribution < 1.29 is 19.4 Å². The minimum absolute atomic E-state index is 0.0190. The monoisotopic (exact) mass is 439 g/mol. The van der Waals surface area contributed by atoms with E-state index >= 15 is 0 Å². The lowest BCUT2D eigenvalue weighted by Gasteiger charge is -2.29. The molecule has 1 atom stereocenters. The van der Waals surface area contributed by atoms with Crippen LogP contribution in [0.2, 0.25) is 0 Å². The Labute approximate surface area is 187 Å². The van der Waals surface area contributed by atoms with E-state index in [1.54, 1.807) is 11.0 Å². The molecule has 0 spiro atoms. The van der Waals surface area contributed by atoms with Gasteiger partial charge in [-0.2, -0.15) is 5.10 Å². The van der Waals surface area contributed by atoms with Crippen molar-refractivity contribution in [1.29, 1.82) is 0 Å². The molecule has 1 N–H and O–H groups in total. The predicted octanol–water partition coefficient (Wildman–Crippen LogP) is 1.76. The second-order valence-corrected chi connectivity index (χ2v) is 8.28. The van der Waals surface area contributed by atoms with Crippen molar-refractivity contribution in [2.75, 3.05) is 39.8 Å². The lowest BCUT2D eigenvalue weighted by atomic mass is 9.98. The minimum atomic E-state index is -1.20. The molecule has 170 valence electrons. The van der Waals surface area contributed by atoms with Crippen molar-refractivity contribution in [2.24, 2.45) is 0 Å². The van der Waals surface area contributed by atoms with E-state index in [0.717, 1.165) is 29.9 Å². The van der Waals surface area contributed by atoms with Crippen LogP contribution >= 0.6 is 0 Å². The number of hydrogen-bond donors (Lipinski definition) is 1. The van der Waals surface area contributed by atoms with E-state index in [9.17, 15) is 14.7 Å². The van der Waals surface area contributed by atoms with Gasteiger partial charge < -0.3 is 14.7 Å². The summed E-state index contributed by atoms with van der Waals surface area (Å²) in [5.74, 6) is -0.235. The number of hydrogen-bond acceptors (Lipinski definition) is 6. The fraction of sp³-hybridized carbons (Fsp3) is 0.478. The number of rotatable bonds is 7. The Hall–Kier alpha value is -3.04. The lowest BCUT2D eigenvalue weighted by molar-refractivity contribution is -0.160. The van der Waals surface area contributed by atoms with Crippen molar-refractivity contribution in [3.8, 4) is 11.4 Å². The third-order valence-electron chi connectivity index (χ3n) is 6.39. The van der Waals surface area contributed by atoms with Gasteiger partial charge in [0.05, 0.1) is 6.54 Å². The van der Waals surface area contributed by atoms with Gasteiger partial charge in [-0.1, -0.05) is 30.3 Å². The van der Waals surface area contributed by atoms with Crippen LogP contribution in [0.3, 0.4) is 0 Å². The van der Waals surface area contributed by atoms with E-state index in [-0.39, 0.29) is 19.0 Å². The van der Waals surface area contributed by atoms with E-state index in [1.807, 2.05) is 28.9 Å². The topological polar surface area (TPSA) is 101 Å². The molecule has 1 saturated heterocycles. The predicted molar refractivity (Wildman–Crippen MR) is 119 cm³/mol. The third-order valence-corrected chi connectivity index (χ3v) is 6.39. The number of carboxylic acids is 1. The molecule has 1 amide bonds. The molecule has 0 saturated carbocycles. The number of carboxylic acid groups (broad SMARTS) is 1. The molecule has 0 bridgehead atoms. The Bertz CT molecular complexity index is 1020. The summed E-state index contributed by atoms with van der Waals surface area (Å²) in [5, 5.41) is 13.9. The maximum atomic E-state index is 12.7. The van der Waals surface area contributed by atoms with Gasteiger partial charge in [0.25, 0.3) is 0 Å². The number of aromatic nitrogens is 3. The van der Waals surface area contributed by atoms with Crippen LogP contribution in [0.4, 0.5) is 0 Å². The van der Waals surface area contributed by atoms with Crippen molar-refractivity contribution in [3.05, 3.63) is 42.2 Å². The number of nitrogens with zero attached hydrogens (tertiary/aromatic N) is 5. The minimum Gasteiger partial charge on any atom is -0.479 e. The summed E-state index contributed by atoms with van der Waals surface area (Å²) in [6.45, 7) is 5.01. The van der Waals surface area contributed by atoms with Crippen molar-refractivity contribution in [3.63, 3.8) is 0 Å². The Balaban J connectivity index is 1.33. The molecule has 1 unspecified atom stereocenters. The molecule has 2 aliphatic heterocycles. The van der Waals surface area contributed by atoms with Gasteiger partial charge in [-0.05, 0) is 24.5 Å². The van der Waals surface area contributed by atoms with Crippen LogP contribution in [0.5, 0.6) is 0 Å². The molecule has 9 heteroatoms. The first-order valence-electron chi connectivity index (χ1n) is 10.9. The van der Waals surface area contributed by atoms with E-state index in [1.165, 1.54) is 12.7 Å². The van der Waals surface area contributed by atoms with Crippen LogP contribution in [0, 0.1) is 0 Å². The fourth-order valence-corrected chi connectivity index (χ4v) is 4.28. The summed E-state index contributed by atoms with van der Waals surface area (Å²) >= 11 is 0. The maximum absolute atomic E-state index is 12.7. The summed E-state index contributed by atoms with van der Waals surface area (Å²) < 4.78 is 7.04. The number of aryl methyl sites for hydroxylation is 1. The Kier molecular flexibility index (Phi) is 6.38. The molecule has 4 rings (SSSR count). The van der Waals surface area contributed by atoms with Crippen molar-refractivity contribution in [2.45, 2.75) is 31.9 Å². The zero-order valence-electron chi connectivity index (χ0n) is 18.5. The molecule has 0 radical (unpaired) electrons.